The van der Waals surface area contributed by atoms with Crippen molar-refractivity contribution >= 4 is 153 Å². The van der Waals surface area contributed by atoms with Crippen molar-refractivity contribution in [3.8, 4) is 108 Å². The molecule has 12 heteroatoms. The highest BCUT2D eigenvalue weighted by Crippen LogP contribution is 2.46. The fraction of sp³-hybridized carbons (Fsp3) is 0.0229. The smallest absolute Gasteiger partial charge is 0.235 e. The minimum atomic E-state index is 0.622. The van der Waals surface area contributed by atoms with Crippen molar-refractivity contribution in [1.29, 1.82) is 0 Å². The fourth-order valence-corrected chi connectivity index (χ4v) is 21.7. The summed E-state index contributed by atoms with van der Waals surface area (Å²) in [7, 11) is 0. The van der Waals surface area contributed by atoms with Crippen LogP contribution in [0.2, 0.25) is 0 Å². The summed E-state index contributed by atoms with van der Waals surface area (Å²) >= 11 is 0. The molecule has 12 nitrogen and oxygen atoms in total. The molecule has 29 rings (SSSR count). The van der Waals surface area contributed by atoms with Crippen LogP contribution in [0.25, 0.3) is 260 Å². The number of aryl methyl sites for hydroxylation is 3. The van der Waals surface area contributed by atoms with Gasteiger partial charge < -0.3 is 18.1 Å². The number of hydrogen-bond donors (Lipinski definition) is 0. The second kappa shape index (κ2) is 34.3. The average molecular weight is 1830 g/mol. The zero-order valence-corrected chi connectivity index (χ0v) is 78.4. The van der Waals surface area contributed by atoms with Gasteiger partial charge in [-0.05, 0) is 212 Å². The van der Waals surface area contributed by atoms with Crippen molar-refractivity contribution in [3.05, 3.63) is 490 Å². The van der Waals surface area contributed by atoms with E-state index in [9.17, 15) is 0 Å². The molecular weight excluding hydrogens is 1740 g/mol. The molecule has 0 unspecified atom stereocenters. The maximum atomic E-state index is 6.56. The Morgan fingerprint density at radius 2 is 0.545 bits per heavy atom. The quantitative estimate of drug-likeness (QED) is 0.120. The zero-order chi connectivity index (χ0) is 94.9. The summed E-state index contributed by atoms with van der Waals surface area (Å²) in [5, 5.41) is 16.5. The number of para-hydroxylation sites is 10. The van der Waals surface area contributed by atoms with Crippen LogP contribution in [0.15, 0.2) is 478 Å². The molecule has 9 aromatic heterocycles. The van der Waals surface area contributed by atoms with Crippen LogP contribution in [0.5, 0.6) is 0 Å². The SMILES string of the molecule is Cc1cccc(-c2cc(-n3c4ccccc4c4cc(-c5ccc6c(c5)c5ccccc5n6-c5ccccc5)ccc43)nc3ccccc23)c1.Cc1cccc(-c2nc(-c3ccccc3)nc(-c3cccc(-n4c5ccccc5c5ccc6c7ccccc7oc6c54)c3)n2)c1.Cc1cccc(-c2nc(-n3c4ccccc4c4cc(-c5ccc6c(c5)c5ccccc5n6-c5ccccc5)ccc43)nc3ccccc23)c1. The molecule has 143 heavy (non-hydrogen) atoms. The number of fused-ring (bicyclic) bond motifs is 21. The first kappa shape index (κ1) is 83.3. The van der Waals surface area contributed by atoms with Gasteiger partial charge in [-0.3, -0.25) is 9.13 Å². The van der Waals surface area contributed by atoms with E-state index in [1.807, 2.05) is 60.7 Å². The van der Waals surface area contributed by atoms with Gasteiger partial charge in [0.05, 0.1) is 71.9 Å². The van der Waals surface area contributed by atoms with Crippen molar-refractivity contribution in [1.82, 2.24) is 52.7 Å². The van der Waals surface area contributed by atoms with E-state index < -0.39 is 0 Å². The lowest BCUT2D eigenvalue weighted by Gasteiger charge is -2.13. The first-order chi connectivity index (χ1) is 70.6. The fourth-order valence-electron chi connectivity index (χ4n) is 21.7. The molecule has 0 aliphatic carbocycles. The van der Waals surface area contributed by atoms with Crippen LogP contribution < -0.4 is 0 Å². The van der Waals surface area contributed by atoms with Crippen LogP contribution in [0.3, 0.4) is 0 Å². The Balaban J connectivity index is 0.000000107. The van der Waals surface area contributed by atoms with E-state index in [0.29, 0.717) is 23.4 Å². The van der Waals surface area contributed by atoms with Gasteiger partial charge in [0.25, 0.3) is 0 Å². The van der Waals surface area contributed by atoms with Gasteiger partial charge in [-0.25, -0.2) is 29.9 Å². The van der Waals surface area contributed by atoms with Crippen LogP contribution in [-0.2, 0) is 0 Å². The van der Waals surface area contributed by atoms with Gasteiger partial charge in [0.15, 0.2) is 23.1 Å². The number of rotatable bonds is 12. The standard InChI is InChI=1S/C46H31N3.C45H30N4.C40H26N4O/c1-30-12-11-13-33(26-30)38-29-46(47-41-19-8-5-16-35(38)41)49-43-21-10-7-18-37(43)40-28-32(23-25-45(40)49)31-22-24-44-39(27-31)36-17-6-9-20-42(36)48(44)34-14-3-2-4-15-34;1-29-12-11-13-32(26-29)44-36-18-5-8-19-39(36)46-45(47-44)49-41-21-10-7-17-35(41)38-28-31(23-25-43(38)49)30-22-24-42-37(27-30)34-16-6-9-20-40(34)48(42)33-14-3-2-4-15-33;1-25-11-9-14-27(23-25)39-41-38(26-12-3-2-4-13-26)42-40(43-39)28-15-10-16-29(24-28)44-34-19-7-5-17-30(34)32-21-22-33-31-18-6-8-20-35(31)45-37(33)36(32)44/h2-29H,1H3;2-28H,1H3;2-24H,1H3. The van der Waals surface area contributed by atoms with Gasteiger partial charge in [0.1, 0.15) is 11.4 Å². The lowest BCUT2D eigenvalue weighted by molar-refractivity contribution is 0.671. The van der Waals surface area contributed by atoms with Gasteiger partial charge in [0, 0.05) is 115 Å². The Kier molecular flexibility index (Phi) is 20.0. The summed E-state index contributed by atoms with van der Waals surface area (Å²) in [5.74, 6) is 3.50. The van der Waals surface area contributed by atoms with E-state index in [-0.39, 0.29) is 0 Å². The van der Waals surface area contributed by atoms with E-state index >= 15 is 0 Å². The van der Waals surface area contributed by atoms with Crippen molar-refractivity contribution < 1.29 is 4.42 Å². The largest absolute Gasteiger partial charge is 0.454 e. The third-order valence-electron chi connectivity index (χ3n) is 28.2. The molecule has 0 fully saturated rings. The molecule has 0 aliphatic rings. The van der Waals surface area contributed by atoms with E-state index in [4.69, 9.17) is 34.3 Å². The highest BCUT2D eigenvalue weighted by Gasteiger charge is 2.26. The monoisotopic (exact) mass is 1830 g/mol. The molecule has 0 saturated heterocycles. The highest BCUT2D eigenvalue weighted by atomic mass is 16.3. The Labute approximate surface area is 822 Å². The van der Waals surface area contributed by atoms with E-state index in [1.54, 1.807) is 0 Å². The van der Waals surface area contributed by atoms with Crippen molar-refractivity contribution in [2.24, 2.45) is 0 Å². The Hall–Kier alpha value is -19.0. The van der Waals surface area contributed by atoms with E-state index in [1.165, 1.54) is 121 Å². The molecule has 0 N–H and O–H groups in total. The average Bonchev–Trinajstić information content (AvgIpc) is 1.55. The lowest BCUT2D eigenvalue weighted by atomic mass is 9.99. The Morgan fingerprint density at radius 3 is 1.08 bits per heavy atom. The Bertz CT molecular complexity index is 9780. The predicted molar refractivity (Wildman–Crippen MR) is 592 cm³/mol. The van der Waals surface area contributed by atoms with E-state index in [0.717, 1.165) is 133 Å². The molecule has 0 atom stereocenters. The summed E-state index contributed by atoms with van der Waals surface area (Å²) in [4.78, 5) is 30.6. The molecule has 20 aromatic carbocycles. The van der Waals surface area contributed by atoms with Gasteiger partial charge in [0.2, 0.25) is 5.95 Å². The molecule has 9 heterocycles. The number of aromatic nitrogens is 11. The number of hydrogen-bond acceptors (Lipinski definition) is 7. The normalized spacial score (nSPS) is 11.7. The van der Waals surface area contributed by atoms with Crippen molar-refractivity contribution in [2.75, 3.05) is 0 Å². The molecule has 0 spiro atoms. The maximum Gasteiger partial charge on any atom is 0.235 e. The molecule has 672 valence electrons. The van der Waals surface area contributed by atoms with Crippen LogP contribution in [0, 0.1) is 20.8 Å². The maximum absolute atomic E-state index is 6.56. The molecule has 0 bridgehead atoms. The third kappa shape index (κ3) is 14.4. The number of pyridine rings is 1. The number of furan rings is 1. The van der Waals surface area contributed by atoms with Gasteiger partial charge in [-0.1, -0.05) is 332 Å². The molecule has 0 saturated carbocycles. The predicted octanol–water partition coefficient (Wildman–Crippen LogP) is 33.7. The van der Waals surface area contributed by atoms with Crippen molar-refractivity contribution in [3.63, 3.8) is 0 Å². The highest BCUT2D eigenvalue weighted by molar-refractivity contribution is 6.22. The summed E-state index contributed by atoms with van der Waals surface area (Å²) in [5.41, 5.74) is 34.0. The molecule has 0 amide bonds. The minimum absolute atomic E-state index is 0.622. The van der Waals surface area contributed by atoms with Gasteiger partial charge in [-0.15, -0.1) is 0 Å². The molecular formula is C131H87N11O. The van der Waals surface area contributed by atoms with Crippen LogP contribution in [-0.4, -0.2) is 52.7 Å². The lowest BCUT2D eigenvalue weighted by Crippen LogP contribution is -2.03. The third-order valence-corrected chi connectivity index (χ3v) is 28.2. The molecule has 29 aromatic rings. The topological polar surface area (TPSA) is 115 Å². The summed E-state index contributed by atoms with van der Waals surface area (Å²) in [6.07, 6.45) is 0. The first-order valence-electron chi connectivity index (χ1n) is 48.5. The van der Waals surface area contributed by atoms with Crippen molar-refractivity contribution in [2.45, 2.75) is 20.8 Å². The second-order valence-corrected chi connectivity index (χ2v) is 37.1. The zero-order valence-electron chi connectivity index (χ0n) is 78.4. The first-order valence-corrected chi connectivity index (χ1v) is 48.5. The Morgan fingerprint density at radius 1 is 0.189 bits per heavy atom. The number of benzene rings is 20. The van der Waals surface area contributed by atoms with E-state index in [2.05, 4.69) is 456 Å². The summed E-state index contributed by atoms with van der Waals surface area (Å²) in [6, 6.07) is 168. The number of nitrogens with zero attached hydrogens (tertiary/aromatic N) is 11. The van der Waals surface area contributed by atoms with Gasteiger partial charge >= 0.3 is 0 Å². The molecule has 0 aliphatic heterocycles. The summed E-state index contributed by atoms with van der Waals surface area (Å²) < 4.78 is 18.1. The van der Waals surface area contributed by atoms with Crippen LogP contribution in [0.1, 0.15) is 16.7 Å². The molecule has 0 radical (unpaired) electrons. The van der Waals surface area contributed by atoms with Gasteiger partial charge in [-0.2, -0.15) is 0 Å². The summed E-state index contributed by atoms with van der Waals surface area (Å²) in [6.45, 7) is 6.35. The van der Waals surface area contributed by atoms with Crippen LogP contribution in [0.4, 0.5) is 0 Å². The van der Waals surface area contributed by atoms with Crippen LogP contribution >= 0.6 is 0 Å². The second-order valence-electron chi connectivity index (χ2n) is 37.1. The minimum Gasteiger partial charge on any atom is -0.454 e.